The lowest BCUT2D eigenvalue weighted by molar-refractivity contribution is 0.0916. The third-order valence-electron chi connectivity index (χ3n) is 4.40. The second-order valence-corrected chi connectivity index (χ2v) is 8.02. The van der Waals surface area contributed by atoms with Crippen LogP contribution in [-0.4, -0.2) is 40.9 Å². The Hall–Kier alpha value is -3.76. The van der Waals surface area contributed by atoms with E-state index in [4.69, 9.17) is 18.6 Å². The van der Waals surface area contributed by atoms with Gasteiger partial charge in [0.1, 0.15) is 23.4 Å². The van der Waals surface area contributed by atoms with Crippen LogP contribution in [0.5, 0.6) is 17.2 Å². The van der Waals surface area contributed by atoms with Crippen molar-refractivity contribution < 1.29 is 23.4 Å². The molecule has 1 atom stereocenters. The first-order valence-corrected chi connectivity index (χ1v) is 11.0. The van der Waals surface area contributed by atoms with Crippen molar-refractivity contribution in [2.75, 3.05) is 19.0 Å². The number of nitrogens with zero attached hydrogens (tertiary/aromatic N) is 3. The molecule has 0 bridgehead atoms. The zero-order valence-electron chi connectivity index (χ0n) is 18.3. The van der Waals surface area contributed by atoms with Crippen molar-refractivity contribution in [3.63, 3.8) is 0 Å². The van der Waals surface area contributed by atoms with Gasteiger partial charge in [0.05, 0.1) is 6.61 Å². The van der Waals surface area contributed by atoms with Crippen molar-refractivity contribution in [3.05, 3.63) is 65.5 Å². The number of benzene rings is 2. The largest absolute Gasteiger partial charge is 0.488 e. The van der Waals surface area contributed by atoms with Crippen LogP contribution in [0.2, 0.25) is 0 Å². The summed E-state index contributed by atoms with van der Waals surface area (Å²) in [6.45, 7) is 4.02. The number of anilines is 1. The fourth-order valence-corrected chi connectivity index (χ4v) is 3.52. The minimum absolute atomic E-state index is 0.211. The van der Waals surface area contributed by atoms with E-state index in [1.165, 1.54) is 11.3 Å². The number of aryl methyl sites for hydroxylation is 1. The molecular formula is C23H22N4O5S. The molecule has 0 aliphatic carbocycles. The van der Waals surface area contributed by atoms with Crippen molar-refractivity contribution in [2.45, 2.75) is 20.0 Å². The second-order valence-electron chi connectivity index (χ2n) is 7.12. The average molecular weight is 467 g/mol. The standard InChI is InChI=1S/C23H22N4O5S/c1-14(13-29-3)30-19-10-17(21(28)25-23-24-8-9-33-23)11-20(12-19)32-18-6-4-16(5-7-18)22-27-26-15(2)31-22/h4-12,14H,13H2,1-3H3,(H,24,25,28)/t14-/m1/s1. The molecule has 0 radical (unpaired) electrons. The molecule has 9 nitrogen and oxygen atoms in total. The minimum Gasteiger partial charge on any atom is -0.488 e. The lowest BCUT2D eigenvalue weighted by Gasteiger charge is -2.16. The summed E-state index contributed by atoms with van der Waals surface area (Å²) < 4.78 is 22.5. The molecule has 0 aliphatic heterocycles. The summed E-state index contributed by atoms with van der Waals surface area (Å²) in [5.74, 6) is 2.11. The number of rotatable bonds is 9. The van der Waals surface area contributed by atoms with Crippen LogP contribution in [0.25, 0.3) is 11.5 Å². The molecule has 0 saturated heterocycles. The highest BCUT2D eigenvalue weighted by Crippen LogP contribution is 2.30. The van der Waals surface area contributed by atoms with Gasteiger partial charge in [-0.2, -0.15) is 0 Å². The summed E-state index contributed by atoms with van der Waals surface area (Å²) >= 11 is 1.34. The van der Waals surface area contributed by atoms with Gasteiger partial charge in [-0.25, -0.2) is 4.98 Å². The van der Waals surface area contributed by atoms with E-state index >= 15 is 0 Å². The van der Waals surface area contributed by atoms with Crippen molar-refractivity contribution in [3.8, 4) is 28.7 Å². The lowest BCUT2D eigenvalue weighted by atomic mass is 10.1. The molecule has 170 valence electrons. The maximum Gasteiger partial charge on any atom is 0.257 e. The van der Waals surface area contributed by atoms with E-state index < -0.39 is 0 Å². The molecule has 0 unspecified atom stereocenters. The number of methoxy groups -OCH3 is 1. The molecule has 0 aliphatic rings. The van der Waals surface area contributed by atoms with Crippen LogP contribution in [0.4, 0.5) is 5.13 Å². The average Bonchev–Trinajstić information content (AvgIpc) is 3.46. The summed E-state index contributed by atoms with van der Waals surface area (Å²) in [5.41, 5.74) is 1.15. The Labute approximate surface area is 194 Å². The van der Waals surface area contributed by atoms with Gasteiger partial charge < -0.3 is 18.6 Å². The van der Waals surface area contributed by atoms with E-state index in [1.807, 2.05) is 19.1 Å². The maximum atomic E-state index is 12.8. The molecule has 2 heterocycles. The summed E-state index contributed by atoms with van der Waals surface area (Å²) in [6, 6.07) is 12.2. The molecular weight excluding hydrogens is 444 g/mol. The van der Waals surface area contributed by atoms with Gasteiger partial charge in [-0.3, -0.25) is 10.1 Å². The van der Waals surface area contributed by atoms with Crippen molar-refractivity contribution in [1.82, 2.24) is 15.2 Å². The van der Waals surface area contributed by atoms with E-state index in [0.717, 1.165) is 5.56 Å². The highest BCUT2D eigenvalue weighted by atomic mass is 32.1. The summed E-state index contributed by atoms with van der Waals surface area (Å²) in [7, 11) is 1.60. The molecule has 33 heavy (non-hydrogen) atoms. The molecule has 4 aromatic rings. The topological polar surface area (TPSA) is 109 Å². The number of carbonyl (C=O) groups is 1. The van der Waals surface area contributed by atoms with Gasteiger partial charge in [-0.15, -0.1) is 21.5 Å². The van der Waals surface area contributed by atoms with Crippen LogP contribution in [0.1, 0.15) is 23.2 Å². The number of hydrogen-bond donors (Lipinski definition) is 1. The number of hydrogen-bond acceptors (Lipinski definition) is 9. The maximum absolute atomic E-state index is 12.8. The first-order chi connectivity index (χ1) is 16.0. The number of carbonyl (C=O) groups excluding carboxylic acids is 1. The Balaban J connectivity index is 1.56. The van der Waals surface area contributed by atoms with Gasteiger partial charge >= 0.3 is 0 Å². The first kappa shape index (κ1) is 22.4. The smallest absolute Gasteiger partial charge is 0.257 e. The summed E-state index contributed by atoms with van der Waals surface area (Å²) in [5, 5.41) is 12.9. The van der Waals surface area contributed by atoms with Gasteiger partial charge in [0.25, 0.3) is 5.91 Å². The van der Waals surface area contributed by atoms with Crippen molar-refractivity contribution in [1.29, 1.82) is 0 Å². The molecule has 4 rings (SSSR count). The molecule has 2 aromatic carbocycles. The monoisotopic (exact) mass is 466 g/mol. The zero-order chi connectivity index (χ0) is 23.2. The third-order valence-corrected chi connectivity index (χ3v) is 5.09. The van der Waals surface area contributed by atoms with Crippen LogP contribution >= 0.6 is 11.3 Å². The van der Waals surface area contributed by atoms with E-state index in [0.29, 0.717) is 46.3 Å². The van der Waals surface area contributed by atoms with Gasteiger partial charge in [0.2, 0.25) is 11.8 Å². The highest BCUT2D eigenvalue weighted by Gasteiger charge is 2.14. The van der Waals surface area contributed by atoms with Crippen LogP contribution in [0.15, 0.2) is 58.5 Å². The van der Waals surface area contributed by atoms with Gasteiger partial charge in [0.15, 0.2) is 5.13 Å². The minimum atomic E-state index is -0.318. The number of thiazole rings is 1. The molecule has 0 saturated carbocycles. The molecule has 10 heteroatoms. The number of aromatic nitrogens is 3. The van der Waals surface area contributed by atoms with E-state index in [-0.39, 0.29) is 12.0 Å². The highest BCUT2D eigenvalue weighted by molar-refractivity contribution is 7.13. The predicted molar refractivity (Wildman–Crippen MR) is 123 cm³/mol. The lowest BCUT2D eigenvalue weighted by Crippen LogP contribution is -2.18. The zero-order valence-corrected chi connectivity index (χ0v) is 19.1. The van der Waals surface area contributed by atoms with Gasteiger partial charge in [0, 0.05) is 42.8 Å². The Morgan fingerprint density at radius 3 is 2.58 bits per heavy atom. The first-order valence-electron chi connectivity index (χ1n) is 10.1. The third kappa shape index (κ3) is 5.93. The molecule has 1 amide bonds. The van der Waals surface area contributed by atoms with E-state index in [9.17, 15) is 4.79 Å². The van der Waals surface area contributed by atoms with E-state index in [1.54, 1.807) is 55.9 Å². The number of amides is 1. The second kappa shape index (κ2) is 10.2. The summed E-state index contributed by atoms with van der Waals surface area (Å²) in [4.78, 5) is 16.9. The molecule has 2 aromatic heterocycles. The van der Waals surface area contributed by atoms with Crippen molar-refractivity contribution >= 4 is 22.4 Å². The SMILES string of the molecule is COC[C@@H](C)Oc1cc(Oc2ccc(-c3nnc(C)o3)cc2)cc(C(=O)Nc2nccs2)c1. The van der Waals surface area contributed by atoms with Crippen LogP contribution in [-0.2, 0) is 4.74 Å². The Kier molecular flexibility index (Phi) is 6.96. The Morgan fingerprint density at radius 1 is 1.12 bits per heavy atom. The normalized spacial score (nSPS) is 11.7. The van der Waals surface area contributed by atoms with Crippen LogP contribution in [0, 0.1) is 6.92 Å². The molecule has 0 fully saturated rings. The predicted octanol–water partition coefficient (Wildman–Crippen LogP) is 4.96. The van der Waals surface area contributed by atoms with Crippen molar-refractivity contribution in [2.24, 2.45) is 0 Å². The Bertz CT molecular complexity index is 1210. The fraction of sp³-hybridized carbons (Fsp3) is 0.217. The van der Waals surface area contributed by atoms with Crippen LogP contribution in [0.3, 0.4) is 0 Å². The van der Waals surface area contributed by atoms with Crippen LogP contribution < -0.4 is 14.8 Å². The number of nitrogens with one attached hydrogen (secondary N) is 1. The molecule has 0 spiro atoms. The Morgan fingerprint density at radius 2 is 1.91 bits per heavy atom. The van der Waals surface area contributed by atoms with E-state index in [2.05, 4.69) is 20.5 Å². The summed E-state index contributed by atoms with van der Waals surface area (Å²) in [6.07, 6.45) is 1.41. The molecule has 1 N–H and O–H groups in total. The van der Waals surface area contributed by atoms with Gasteiger partial charge in [-0.1, -0.05) is 0 Å². The fourth-order valence-electron chi connectivity index (χ4n) is 3.00. The van der Waals surface area contributed by atoms with Gasteiger partial charge in [-0.05, 0) is 43.3 Å². The quantitative estimate of drug-likeness (QED) is 0.369. The number of ether oxygens (including phenoxy) is 3.